The van der Waals surface area contributed by atoms with Crippen LogP contribution in [-0.4, -0.2) is 44.9 Å². The minimum absolute atomic E-state index is 0. The number of likely N-dealkylation sites (N-methyl/N-ethyl adjacent to an activating group) is 1. The predicted molar refractivity (Wildman–Crippen MR) is 101 cm³/mol. The number of hydrogen-bond acceptors (Lipinski definition) is 4. The highest BCUT2D eigenvalue weighted by molar-refractivity contribution is 14.0. The molecule has 1 aromatic heterocycles. The first-order chi connectivity index (χ1) is 10.00. The van der Waals surface area contributed by atoms with Gasteiger partial charge in [-0.2, -0.15) is 4.31 Å². The van der Waals surface area contributed by atoms with E-state index in [2.05, 4.69) is 10.3 Å². The lowest BCUT2D eigenvalue weighted by molar-refractivity contribution is 0.478. The van der Waals surface area contributed by atoms with Gasteiger partial charge in [0.1, 0.15) is 4.21 Å². The van der Waals surface area contributed by atoms with Crippen LogP contribution in [0.4, 0.5) is 0 Å². The molecule has 0 unspecified atom stereocenters. The molecule has 2 rings (SSSR count). The van der Waals surface area contributed by atoms with Crippen molar-refractivity contribution in [1.29, 1.82) is 0 Å². The average molecular weight is 458 g/mol. The second-order valence-electron chi connectivity index (χ2n) is 5.15. The van der Waals surface area contributed by atoms with Gasteiger partial charge in [-0.1, -0.05) is 18.9 Å². The molecule has 1 heterocycles. The zero-order valence-corrected chi connectivity index (χ0v) is 16.5. The standard InChI is InChI=1S/C13H22N4O2S2.HI/c1-17(21(18,19)12-7-4-10-20-12)9-8-15-13(14)16-11-5-2-3-6-11;/h4,7,10-11H,2-3,5-6,8-9H2,1H3,(H3,14,15,16);1H. The van der Waals surface area contributed by atoms with Gasteiger partial charge in [-0.05, 0) is 24.3 Å². The molecule has 22 heavy (non-hydrogen) atoms. The van der Waals surface area contributed by atoms with Crippen LogP contribution >= 0.6 is 35.3 Å². The van der Waals surface area contributed by atoms with Crippen LogP contribution in [0.25, 0.3) is 0 Å². The summed E-state index contributed by atoms with van der Waals surface area (Å²) in [5, 5.41) is 4.93. The van der Waals surface area contributed by atoms with Gasteiger partial charge in [0.05, 0.1) is 6.54 Å². The zero-order chi connectivity index (χ0) is 15.3. The van der Waals surface area contributed by atoms with E-state index >= 15 is 0 Å². The molecule has 1 saturated carbocycles. The molecule has 1 fully saturated rings. The third-order valence-corrected chi connectivity index (χ3v) is 6.79. The maximum Gasteiger partial charge on any atom is 0.252 e. The molecule has 126 valence electrons. The van der Waals surface area contributed by atoms with Crippen LogP contribution in [0, 0.1) is 0 Å². The topological polar surface area (TPSA) is 87.8 Å². The van der Waals surface area contributed by atoms with Crippen molar-refractivity contribution in [2.45, 2.75) is 35.9 Å². The number of halogens is 1. The molecule has 9 heteroatoms. The largest absolute Gasteiger partial charge is 0.370 e. The molecule has 0 atom stereocenters. The van der Waals surface area contributed by atoms with E-state index in [1.165, 1.54) is 28.5 Å². The van der Waals surface area contributed by atoms with E-state index in [0.717, 1.165) is 12.8 Å². The predicted octanol–water partition coefficient (Wildman–Crippen LogP) is 1.83. The smallest absolute Gasteiger partial charge is 0.252 e. The summed E-state index contributed by atoms with van der Waals surface area (Å²) in [5.41, 5.74) is 5.82. The van der Waals surface area contributed by atoms with Gasteiger partial charge < -0.3 is 11.1 Å². The van der Waals surface area contributed by atoms with Crippen LogP contribution in [0.1, 0.15) is 25.7 Å². The normalized spacial score (nSPS) is 16.7. The van der Waals surface area contributed by atoms with Gasteiger partial charge in [0.15, 0.2) is 5.96 Å². The number of rotatable bonds is 6. The van der Waals surface area contributed by atoms with Crippen molar-refractivity contribution in [3.8, 4) is 0 Å². The first-order valence-corrected chi connectivity index (χ1v) is 9.38. The Labute approximate surface area is 153 Å². The van der Waals surface area contributed by atoms with Gasteiger partial charge >= 0.3 is 0 Å². The van der Waals surface area contributed by atoms with Gasteiger partial charge in [-0.3, -0.25) is 4.99 Å². The Kier molecular flexibility index (Phi) is 8.08. The summed E-state index contributed by atoms with van der Waals surface area (Å²) in [6, 6.07) is 3.75. The zero-order valence-electron chi connectivity index (χ0n) is 12.6. The Hall–Kier alpha value is -0.390. The van der Waals surface area contributed by atoms with Crippen LogP contribution in [0.2, 0.25) is 0 Å². The molecule has 0 aromatic carbocycles. The molecular weight excluding hydrogens is 435 g/mol. The summed E-state index contributed by atoms with van der Waals surface area (Å²) < 4.78 is 26.0. The summed E-state index contributed by atoms with van der Waals surface area (Å²) in [6.45, 7) is 0.667. The number of sulfonamides is 1. The number of nitrogens with two attached hydrogens (primary N) is 1. The van der Waals surface area contributed by atoms with Crippen LogP contribution in [0.5, 0.6) is 0 Å². The van der Waals surface area contributed by atoms with E-state index in [0.29, 0.717) is 29.3 Å². The quantitative estimate of drug-likeness (QED) is 0.387. The summed E-state index contributed by atoms with van der Waals surface area (Å²) in [4.78, 5) is 4.20. The van der Waals surface area contributed by atoms with E-state index < -0.39 is 10.0 Å². The van der Waals surface area contributed by atoms with E-state index in [1.807, 2.05) is 0 Å². The molecule has 6 nitrogen and oxygen atoms in total. The molecule has 0 aliphatic heterocycles. The van der Waals surface area contributed by atoms with Crippen molar-refractivity contribution in [3.05, 3.63) is 17.5 Å². The average Bonchev–Trinajstić information content (AvgIpc) is 3.11. The highest BCUT2D eigenvalue weighted by Gasteiger charge is 2.21. The lowest BCUT2D eigenvalue weighted by Gasteiger charge is -2.15. The van der Waals surface area contributed by atoms with E-state index in [1.54, 1.807) is 24.6 Å². The molecule has 1 aliphatic carbocycles. The summed E-state index contributed by atoms with van der Waals surface area (Å²) in [7, 11) is -1.83. The highest BCUT2D eigenvalue weighted by atomic mass is 127. The van der Waals surface area contributed by atoms with Crippen LogP contribution in [0.15, 0.2) is 26.7 Å². The molecule has 0 saturated heterocycles. The minimum Gasteiger partial charge on any atom is -0.370 e. The minimum atomic E-state index is -3.39. The van der Waals surface area contributed by atoms with Crippen molar-refractivity contribution in [2.75, 3.05) is 20.1 Å². The molecule has 0 bridgehead atoms. The second-order valence-corrected chi connectivity index (χ2v) is 8.37. The number of nitrogens with one attached hydrogen (secondary N) is 1. The fraction of sp³-hybridized carbons (Fsp3) is 0.615. The molecular formula is C13H23IN4O2S2. The Bertz CT molecular complexity index is 569. The maximum absolute atomic E-state index is 12.2. The van der Waals surface area contributed by atoms with E-state index in [-0.39, 0.29) is 24.0 Å². The van der Waals surface area contributed by atoms with Gasteiger partial charge in [0.2, 0.25) is 0 Å². The molecule has 0 spiro atoms. The third kappa shape index (κ3) is 5.36. The van der Waals surface area contributed by atoms with E-state index in [4.69, 9.17) is 5.73 Å². The Morgan fingerprint density at radius 2 is 2.18 bits per heavy atom. The van der Waals surface area contributed by atoms with Crippen LogP contribution in [-0.2, 0) is 10.0 Å². The number of hydrogen-bond donors (Lipinski definition) is 2. The molecule has 3 N–H and O–H groups in total. The van der Waals surface area contributed by atoms with Crippen molar-refractivity contribution in [3.63, 3.8) is 0 Å². The summed E-state index contributed by atoms with van der Waals surface area (Å²) in [5.74, 6) is 0.406. The Balaban J connectivity index is 0.00000242. The molecule has 1 aliphatic rings. The van der Waals surface area contributed by atoms with Gasteiger partial charge in [0.25, 0.3) is 10.0 Å². The van der Waals surface area contributed by atoms with Crippen molar-refractivity contribution in [1.82, 2.24) is 9.62 Å². The SMILES string of the molecule is CN(CCN=C(N)NC1CCCC1)S(=O)(=O)c1cccs1.I. The maximum atomic E-state index is 12.2. The van der Waals surface area contributed by atoms with Crippen LogP contribution in [0.3, 0.4) is 0 Å². The molecule has 0 amide bonds. The molecule has 1 aromatic rings. The summed E-state index contributed by atoms with van der Waals surface area (Å²) >= 11 is 1.22. The number of aliphatic imine (C=N–C) groups is 1. The number of nitrogens with zero attached hydrogens (tertiary/aromatic N) is 2. The molecule has 0 radical (unpaired) electrons. The lowest BCUT2D eigenvalue weighted by Crippen LogP contribution is -2.39. The van der Waals surface area contributed by atoms with Gasteiger partial charge in [-0.15, -0.1) is 35.3 Å². The van der Waals surface area contributed by atoms with Crippen molar-refractivity contribution >= 4 is 51.3 Å². The lowest BCUT2D eigenvalue weighted by atomic mass is 10.2. The van der Waals surface area contributed by atoms with Gasteiger partial charge in [-0.25, -0.2) is 8.42 Å². The van der Waals surface area contributed by atoms with E-state index in [9.17, 15) is 8.42 Å². The van der Waals surface area contributed by atoms with Crippen molar-refractivity contribution < 1.29 is 8.42 Å². The van der Waals surface area contributed by atoms with Gasteiger partial charge in [0, 0.05) is 19.6 Å². The Morgan fingerprint density at radius 3 is 2.77 bits per heavy atom. The van der Waals surface area contributed by atoms with Crippen LogP contribution < -0.4 is 11.1 Å². The fourth-order valence-electron chi connectivity index (χ4n) is 2.32. The first kappa shape index (κ1) is 19.7. The number of guanidine groups is 1. The Morgan fingerprint density at radius 1 is 1.50 bits per heavy atom. The highest BCUT2D eigenvalue weighted by Crippen LogP contribution is 2.19. The fourth-order valence-corrected chi connectivity index (χ4v) is 4.68. The first-order valence-electron chi connectivity index (χ1n) is 7.06. The summed E-state index contributed by atoms with van der Waals surface area (Å²) in [6.07, 6.45) is 4.71. The monoisotopic (exact) mass is 458 g/mol. The second kappa shape index (κ2) is 9.04. The number of thiophene rings is 1. The van der Waals surface area contributed by atoms with Crippen molar-refractivity contribution in [2.24, 2.45) is 10.7 Å². The third-order valence-electron chi connectivity index (χ3n) is 3.56.